The molecule has 0 amide bonds. The van der Waals surface area contributed by atoms with Crippen LogP contribution < -0.4 is 5.32 Å². The Balaban J connectivity index is 1.91. The third-order valence-electron chi connectivity index (χ3n) is 2.17. The number of thiazole rings is 1. The van der Waals surface area contributed by atoms with E-state index in [1.54, 1.807) is 22.7 Å². The lowest BCUT2D eigenvalue weighted by Crippen LogP contribution is -2.18. The smallest absolute Gasteiger partial charge is 0.134 e. The average Bonchev–Trinajstić information content (AvgIpc) is 2.84. The largest absolute Gasteiger partial charge is 0.302 e. The first-order valence-electron chi connectivity index (χ1n) is 5.09. The Morgan fingerprint density at radius 1 is 1.31 bits per heavy atom. The lowest BCUT2D eigenvalue weighted by molar-refractivity contribution is 0.562. The van der Waals surface area contributed by atoms with Gasteiger partial charge in [0.2, 0.25) is 0 Å². The first kappa shape index (κ1) is 11.6. The predicted molar refractivity (Wildman–Crippen MR) is 66.8 cm³/mol. The third-order valence-corrected chi connectivity index (χ3v) is 4.01. The van der Waals surface area contributed by atoms with Crippen LogP contribution in [0.3, 0.4) is 0 Å². The number of rotatable bonds is 4. The van der Waals surface area contributed by atoms with Gasteiger partial charge in [-0.15, -0.1) is 32.9 Å². The lowest BCUT2D eigenvalue weighted by atomic mass is 10.3. The molecular formula is C10H14N4S2. The minimum absolute atomic E-state index is 0.230. The van der Waals surface area contributed by atoms with Crippen molar-refractivity contribution in [3.05, 3.63) is 26.1 Å². The van der Waals surface area contributed by atoms with Gasteiger partial charge in [-0.3, -0.25) is 0 Å². The van der Waals surface area contributed by atoms with Crippen molar-refractivity contribution in [2.75, 3.05) is 0 Å². The van der Waals surface area contributed by atoms with Crippen LogP contribution in [0, 0.1) is 13.8 Å². The molecule has 0 radical (unpaired) electrons. The van der Waals surface area contributed by atoms with Crippen LogP contribution in [0.1, 0.15) is 33.7 Å². The van der Waals surface area contributed by atoms with Crippen molar-refractivity contribution in [2.45, 2.75) is 33.4 Å². The summed E-state index contributed by atoms with van der Waals surface area (Å²) in [6.07, 6.45) is 0. The summed E-state index contributed by atoms with van der Waals surface area (Å²) in [6.45, 7) is 6.87. The minimum Gasteiger partial charge on any atom is -0.302 e. The molecule has 86 valence electrons. The van der Waals surface area contributed by atoms with Crippen molar-refractivity contribution < 1.29 is 0 Å². The molecule has 1 atom stereocenters. The molecule has 0 bridgehead atoms. The monoisotopic (exact) mass is 254 g/mol. The van der Waals surface area contributed by atoms with Crippen molar-refractivity contribution in [3.63, 3.8) is 0 Å². The standard InChI is InChI=1S/C10H14N4S2/c1-6(10-14-13-8(3)16-10)11-4-9-5-15-7(2)12-9/h5-6,11H,4H2,1-3H3. The van der Waals surface area contributed by atoms with E-state index in [1.165, 1.54) is 0 Å². The number of nitrogens with one attached hydrogen (secondary N) is 1. The number of aromatic nitrogens is 3. The van der Waals surface area contributed by atoms with Crippen LogP contribution >= 0.6 is 22.7 Å². The van der Waals surface area contributed by atoms with Crippen molar-refractivity contribution in [1.29, 1.82) is 0 Å². The van der Waals surface area contributed by atoms with Gasteiger partial charge >= 0.3 is 0 Å². The van der Waals surface area contributed by atoms with Crippen molar-refractivity contribution in [3.8, 4) is 0 Å². The van der Waals surface area contributed by atoms with E-state index in [0.717, 1.165) is 27.3 Å². The van der Waals surface area contributed by atoms with E-state index in [2.05, 4.69) is 32.8 Å². The van der Waals surface area contributed by atoms with Crippen LogP contribution in [0.25, 0.3) is 0 Å². The van der Waals surface area contributed by atoms with Crippen molar-refractivity contribution >= 4 is 22.7 Å². The molecule has 16 heavy (non-hydrogen) atoms. The molecule has 1 N–H and O–H groups in total. The molecular weight excluding hydrogens is 240 g/mol. The van der Waals surface area contributed by atoms with E-state index in [1.807, 2.05) is 13.8 Å². The molecule has 2 aromatic heterocycles. The number of nitrogens with zero attached hydrogens (tertiary/aromatic N) is 3. The zero-order valence-corrected chi connectivity index (χ0v) is 11.2. The fourth-order valence-electron chi connectivity index (χ4n) is 1.32. The van der Waals surface area contributed by atoms with Crippen molar-refractivity contribution in [1.82, 2.24) is 20.5 Å². The molecule has 0 saturated carbocycles. The molecule has 6 heteroatoms. The van der Waals surface area contributed by atoms with Crippen LogP contribution in [0.15, 0.2) is 5.38 Å². The highest BCUT2D eigenvalue weighted by Gasteiger charge is 2.10. The fraction of sp³-hybridized carbons (Fsp3) is 0.500. The molecule has 0 aliphatic heterocycles. The molecule has 0 fully saturated rings. The van der Waals surface area contributed by atoms with Gasteiger partial charge < -0.3 is 5.32 Å². The number of aryl methyl sites for hydroxylation is 2. The Bertz CT molecular complexity index is 463. The van der Waals surface area contributed by atoms with Crippen LogP contribution in [0.4, 0.5) is 0 Å². The zero-order valence-electron chi connectivity index (χ0n) is 9.52. The summed E-state index contributed by atoms with van der Waals surface area (Å²) in [5.74, 6) is 0. The molecule has 2 rings (SSSR count). The predicted octanol–water partition coefficient (Wildman–Crippen LogP) is 2.46. The molecule has 1 unspecified atom stereocenters. The Morgan fingerprint density at radius 2 is 2.12 bits per heavy atom. The second kappa shape index (κ2) is 4.99. The van der Waals surface area contributed by atoms with E-state index in [-0.39, 0.29) is 6.04 Å². The average molecular weight is 254 g/mol. The van der Waals surface area contributed by atoms with Gasteiger partial charge in [0, 0.05) is 11.9 Å². The Morgan fingerprint density at radius 3 is 2.69 bits per heavy atom. The molecule has 4 nitrogen and oxygen atoms in total. The summed E-state index contributed by atoms with van der Waals surface area (Å²) in [6, 6.07) is 0.230. The number of hydrogen-bond acceptors (Lipinski definition) is 6. The summed E-state index contributed by atoms with van der Waals surface area (Å²) in [5, 5.41) is 16.8. The molecule has 0 saturated heterocycles. The topological polar surface area (TPSA) is 50.7 Å². The highest BCUT2D eigenvalue weighted by atomic mass is 32.1. The Hall–Kier alpha value is -0.850. The first-order valence-corrected chi connectivity index (χ1v) is 6.79. The summed E-state index contributed by atoms with van der Waals surface area (Å²) >= 11 is 3.31. The summed E-state index contributed by atoms with van der Waals surface area (Å²) in [7, 11) is 0. The molecule has 0 aliphatic carbocycles. The molecule has 0 aromatic carbocycles. The second-order valence-corrected chi connectivity index (χ2v) is 5.90. The summed E-state index contributed by atoms with van der Waals surface area (Å²) in [5.41, 5.74) is 1.09. The maximum absolute atomic E-state index is 4.40. The minimum atomic E-state index is 0.230. The van der Waals surface area contributed by atoms with Crippen LogP contribution in [-0.4, -0.2) is 15.2 Å². The zero-order chi connectivity index (χ0) is 11.5. The quantitative estimate of drug-likeness (QED) is 0.910. The maximum atomic E-state index is 4.40. The van der Waals surface area contributed by atoms with E-state index in [9.17, 15) is 0 Å². The molecule has 0 spiro atoms. The number of hydrogen-bond donors (Lipinski definition) is 1. The molecule has 2 aromatic rings. The van der Waals surface area contributed by atoms with Gasteiger partial charge in [0.15, 0.2) is 0 Å². The van der Waals surface area contributed by atoms with Crippen LogP contribution in [-0.2, 0) is 6.54 Å². The van der Waals surface area contributed by atoms with Crippen LogP contribution in [0.2, 0.25) is 0 Å². The van der Waals surface area contributed by atoms with E-state index in [4.69, 9.17) is 0 Å². The van der Waals surface area contributed by atoms with Gasteiger partial charge in [-0.1, -0.05) is 0 Å². The highest BCUT2D eigenvalue weighted by Crippen LogP contribution is 2.17. The third kappa shape index (κ3) is 2.84. The van der Waals surface area contributed by atoms with Gasteiger partial charge in [-0.2, -0.15) is 0 Å². The Labute approximate surface area is 103 Å². The Kier molecular flexibility index (Phi) is 3.63. The highest BCUT2D eigenvalue weighted by molar-refractivity contribution is 7.11. The van der Waals surface area contributed by atoms with Crippen LogP contribution in [0.5, 0.6) is 0 Å². The van der Waals surface area contributed by atoms with E-state index < -0.39 is 0 Å². The van der Waals surface area contributed by atoms with Gasteiger partial charge in [0.05, 0.1) is 16.7 Å². The van der Waals surface area contributed by atoms with E-state index in [0.29, 0.717) is 0 Å². The van der Waals surface area contributed by atoms with Gasteiger partial charge in [0.25, 0.3) is 0 Å². The second-order valence-electron chi connectivity index (χ2n) is 3.62. The van der Waals surface area contributed by atoms with E-state index >= 15 is 0 Å². The van der Waals surface area contributed by atoms with Gasteiger partial charge in [-0.05, 0) is 20.8 Å². The first-order chi connectivity index (χ1) is 7.65. The van der Waals surface area contributed by atoms with Gasteiger partial charge in [-0.25, -0.2) is 4.98 Å². The SMILES string of the molecule is Cc1nc(CNC(C)c2nnc(C)s2)cs1. The summed E-state index contributed by atoms with van der Waals surface area (Å²) in [4.78, 5) is 4.40. The lowest BCUT2D eigenvalue weighted by Gasteiger charge is -2.08. The maximum Gasteiger partial charge on any atom is 0.134 e. The van der Waals surface area contributed by atoms with Crippen molar-refractivity contribution in [2.24, 2.45) is 0 Å². The van der Waals surface area contributed by atoms with Gasteiger partial charge in [0.1, 0.15) is 10.0 Å². The summed E-state index contributed by atoms with van der Waals surface area (Å²) < 4.78 is 0. The molecule has 2 heterocycles. The fourth-order valence-corrected chi connectivity index (χ4v) is 2.66. The normalized spacial score (nSPS) is 12.9. The molecule has 0 aliphatic rings.